The molecule has 5 rings (SSSR count). The third kappa shape index (κ3) is 3.34. The van der Waals surface area contributed by atoms with E-state index < -0.39 is 11.7 Å². The fraction of sp³-hybridized carbons (Fsp3) is 0.500. The highest BCUT2D eigenvalue weighted by atomic mass is 35.5. The molecule has 3 amide bonds. The highest BCUT2D eigenvalue weighted by Crippen LogP contribution is 2.52. The number of methoxy groups -OCH3 is 1. The van der Waals surface area contributed by atoms with Gasteiger partial charge in [0.2, 0.25) is 0 Å². The summed E-state index contributed by atoms with van der Waals surface area (Å²) in [6, 6.07) is 3.99. The third-order valence-electron chi connectivity index (χ3n) is 7.29. The third-order valence-corrected chi connectivity index (χ3v) is 7.58. The number of amides is 3. The Labute approximate surface area is 189 Å². The Morgan fingerprint density at radius 1 is 1.25 bits per heavy atom. The second-order valence-electron chi connectivity index (χ2n) is 9.08. The van der Waals surface area contributed by atoms with Gasteiger partial charge < -0.3 is 20.7 Å². The lowest BCUT2D eigenvalue weighted by Crippen LogP contribution is -2.52. The van der Waals surface area contributed by atoms with E-state index in [0.29, 0.717) is 30.0 Å². The molecule has 0 spiro atoms. The van der Waals surface area contributed by atoms with Gasteiger partial charge in [-0.25, -0.2) is 9.18 Å². The van der Waals surface area contributed by atoms with E-state index in [9.17, 15) is 14.0 Å². The molecule has 3 aliphatic rings. The van der Waals surface area contributed by atoms with Crippen LogP contribution in [0.3, 0.4) is 0 Å². The highest BCUT2D eigenvalue weighted by Gasteiger charge is 2.55. The van der Waals surface area contributed by atoms with Crippen LogP contribution in [0.15, 0.2) is 18.2 Å². The molecule has 1 aromatic heterocycles. The smallest absolute Gasteiger partial charge is 0.318 e. The number of benzene rings is 1. The van der Waals surface area contributed by atoms with E-state index in [4.69, 9.17) is 22.1 Å². The summed E-state index contributed by atoms with van der Waals surface area (Å²) in [5.74, 6) is -1.21. The Morgan fingerprint density at radius 3 is 2.62 bits per heavy atom. The van der Waals surface area contributed by atoms with Gasteiger partial charge in [-0.15, -0.1) is 0 Å². The topological polar surface area (TPSA) is 102 Å². The molecule has 0 saturated heterocycles. The van der Waals surface area contributed by atoms with Gasteiger partial charge in [0.1, 0.15) is 11.5 Å². The number of hydrogen-bond donors (Lipinski definition) is 2. The maximum Gasteiger partial charge on any atom is 0.318 e. The average molecular weight is 462 g/mol. The number of carbonyl (C=O) groups excluding carboxylic acids is 2. The van der Waals surface area contributed by atoms with Crippen molar-refractivity contribution in [3.05, 3.63) is 40.3 Å². The van der Waals surface area contributed by atoms with Gasteiger partial charge in [-0.05, 0) is 50.3 Å². The maximum atomic E-state index is 13.6. The standard InChI is InChI=1S/C22H25ClFN5O3/c1-32-22-6-4-21(12-22,5-7-22)26-20(31)28-8-9-29-16(11-28)17(19(25)30)18(27-29)13-2-3-15(24)14(23)10-13/h2-3,10H,4-9,11-12H2,1H3,(H2,25,30)(H,26,31). The SMILES string of the molecule is COC12CCC(NC(=O)N3CCn4nc(-c5ccc(F)c(Cl)c5)c(C(N)=O)c4C3)(CC1)C2. The number of aromatic nitrogens is 2. The van der Waals surface area contributed by atoms with Gasteiger partial charge in [-0.2, -0.15) is 5.10 Å². The quantitative estimate of drug-likeness (QED) is 0.730. The molecule has 32 heavy (non-hydrogen) atoms. The highest BCUT2D eigenvalue weighted by molar-refractivity contribution is 6.31. The summed E-state index contributed by atoms with van der Waals surface area (Å²) in [4.78, 5) is 27.2. The molecule has 1 aliphatic heterocycles. The average Bonchev–Trinajstić information content (AvgIpc) is 3.44. The Bertz CT molecular complexity index is 1110. The number of hydrogen-bond acceptors (Lipinski definition) is 4. The molecule has 2 bridgehead atoms. The molecule has 10 heteroatoms. The Hall–Kier alpha value is -2.65. The summed E-state index contributed by atoms with van der Waals surface area (Å²) in [5, 5.41) is 7.71. The first kappa shape index (κ1) is 21.2. The number of urea groups is 1. The minimum atomic E-state index is -0.654. The minimum absolute atomic E-state index is 0.0654. The van der Waals surface area contributed by atoms with Gasteiger partial charge in [0.25, 0.3) is 5.91 Å². The van der Waals surface area contributed by atoms with E-state index >= 15 is 0 Å². The first-order chi connectivity index (χ1) is 15.2. The van der Waals surface area contributed by atoms with E-state index in [1.54, 1.807) is 16.7 Å². The predicted octanol–water partition coefficient (Wildman–Crippen LogP) is 3.07. The van der Waals surface area contributed by atoms with Crippen LogP contribution >= 0.6 is 11.6 Å². The number of primary amides is 1. The Kier molecular flexibility index (Phi) is 4.94. The van der Waals surface area contributed by atoms with Crippen molar-refractivity contribution in [1.29, 1.82) is 0 Å². The van der Waals surface area contributed by atoms with Crippen LogP contribution in [-0.4, -0.2) is 51.4 Å². The van der Waals surface area contributed by atoms with E-state index in [-0.39, 0.29) is 34.3 Å². The number of nitrogens with two attached hydrogens (primary N) is 1. The molecule has 0 unspecified atom stereocenters. The monoisotopic (exact) mass is 461 g/mol. The molecule has 2 fully saturated rings. The van der Waals surface area contributed by atoms with Crippen molar-refractivity contribution in [2.45, 2.75) is 56.3 Å². The molecule has 1 aromatic carbocycles. The molecule has 170 valence electrons. The summed E-state index contributed by atoms with van der Waals surface area (Å²) < 4.78 is 21.0. The zero-order chi connectivity index (χ0) is 22.7. The van der Waals surface area contributed by atoms with Crippen LogP contribution in [0, 0.1) is 5.82 Å². The molecule has 2 heterocycles. The lowest BCUT2D eigenvalue weighted by Gasteiger charge is -2.34. The number of nitrogens with zero attached hydrogens (tertiary/aromatic N) is 3. The van der Waals surface area contributed by atoms with Gasteiger partial charge in [-0.1, -0.05) is 11.6 Å². The van der Waals surface area contributed by atoms with Gasteiger partial charge in [0, 0.05) is 24.8 Å². The van der Waals surface area contributed by atoms with Crippen molar-refractivity contribution in [3.63, 3.8) is 0 Å². The summed E-state index contributed by atoms with van der Waals surface area (Å²) in [6.07, 6.45) is 4.54. The first-order valence-corrected chi connectivity index (χ1v) is 11.1. The van der Waals surface area contributed by atoms with Crippen LogP contribution < -0.4 is 11.1 Å². The van der Waals surface area contributed by atoms with Crippen molar-refractivity contribution in [3.8, 4) is 11.3 Å². The zero-order valence-electron chi connectivity index (χ0n) is 17.8. The number of fused-ring (bicyclic) bond motifs is 3. The Morgan fingerprint density at radius 2 is 2.00 bits per heavy atom. The van der Waals surface area contributed by atoms with Crippen molar-refractivity contribution in [2.75, 3.05) is 13.7 Å². The second-order valence-corrected chi connectivity index (χ2v) is 9.49. The van der Waals surface area contributed by atoms with Crippen LogP contribution in [0.1, 0.15) is 48.2 Å². The van der Waals surface area contributed by atoms with Crippen LogP contribution in [-0.2, 0) is 17.8 Å². The van der Waals surface area contributed by atoms with Crippen molar-refractivity contribution >= 4 is 23.5 Å². The molecule has 8 nitrogen and oxygen atoms in total. The number of ether oxygens (including phenoxy) is 1. The molecular weight excluding hydrogens is 437 g/mol. The van der Waals surface area contributed by atoms with Crippen molar-refractivity contribution in [1.82, 2.24) is 20.0 Å². The summed E-state index contributed by atoms with van der Waals surface area (Å²) in [7, 11) is 1.74. The van der Waals surface area contributed by atoms with Crippen LogP contribution in [0.4, 0.5) is 9.18 Å². The van der Waals surface area contributed by atoms with E-state index in [2.05, 4.69) is 10.4 Å². The summed E-state index contributed by atoms with van der Waals surface area (Å²) in [6.45, 7) is 1.08. The van der Waals surface area contributed by atoms with E-state index in [1.807, 2.05) is 0 Å². The van der Waals surface area contributed by atoms with E-state index in [1.165, 1.54) is 18.2 Å². The molecular formula is C22H25ClFN5O3. The van der Waals surface area contributed by atoms with Crippen LogP contribution in [0.5, 0.6) is 0 Å². The predicted molar refractivity (Wildman–Crippen MR) is 116 cm³/mol. The van der Waals surface area contributed by atoms with Crippen LogP contribution in [0.2, 0.25) is 5.02 Å². The lowest BCUT2D eigenvalue weighted by atomic mass is 9.93. The molecule has 0 atom stereocenters. The summed E-state index contributed by atoms with van der Waals surface area (Å²) in [5.41, 5.74) is 6.97. The maximum absolute atomic E-state index is 13.6. The fourth-order valence-electron chi connectivity index (χ4n) is 5.50. The number of halogens is 2. The second kappa shape index (κ2) is 7.45. The van der Waals surface area contributed by atoms with Gasteiger partial charge in [0.05, 0.1) is 35.0 Å². The number of rotatable bonds is 4. The molecule has 2 aromatic rings. The summed E-state index contributed by atoms with van der Waals surface area (Å²) >= 11 is 5.92. The van der Waals surface area contributed by atoms with Crippen molar-refractivity contribution in [2.24, 2.45) is 5.73 Å². The molecule has 0 radical (unpaired) electrons. The molecule has 2 aliphatic carbocycles. The number of carbonyl (C=O) groups is 2. The largest absolute Gasteiger partial charge is 0.378 e. The normalized spacial score (nSPS) is 26.3. The molecule has 3 N–H and O–H groups in total. The Balaban J connectivity index is 1.40. The van der Waals surface area contributed by atoms with Crippen LogP contribution in [0.25, 0.3) is 11.3 Å². The van der Waals surface area contributed by atoms with Gasteiger partial charge >= 0.3 is 6.03 Å². The fourth-order valence-corrected chi connectivity index (χ4v) is 5.68. The van der Waals surface area contributed by atoms with E-state index in [0.717, 1.165) is 32.1 Å². The van der Waals surface area contributed by atoms with Crippen molar-refractivity contribution < 1.29 is 18.7 Å². The van der Waals surface area contributed by atoms with Gasteiger partial charge in [-0.3, -0.25) is 9.48 Å². The zero-order valence-corrected chi connectivity index (χ0v) is 18.5. The number of nitrogens with one attached hydrogen (secondary N) is 1. The first-order valence-electron chi connectivity index (χ1n) is 10.7. The van der Waals surface area contributed by atoms with Gasteiger partial charge in [0.15, 0.2) is 0 Å². The minimum Gasteiger partial charge on any atom is -0.378 e. The molecule has 2 saturated carbocycles. The lowest BCUT2D eigenvalue weighted by molar-refractivity contribution is -0.000312.